The Morgan fingerprint density at radius 3 is 2.24 bits per heavy atom. The summed E-state index contributed by atoms with van der Waals surface area (Å²) >= 11 is 6.14. The average Bonchev–Trinajstić information content (AvgIpc) is 2.73. The Balaban J connectivity index is 2.07. The molecule has 2 rings (SSSR count). The molecule has 2 heterocycles. The molecule has 8 heteroatoms. The zero-order valence-corrected chi connectivity index (χ0v) is 21.4. The van der Waals surface area contributed by atoms with Crippen molar-refractivity contribution in [3.63, 3.8) is 0 Å². The average molecular weight is 442 g/mol. The Morgan fingerprint density at radius 1 is 1.17 bits per heavy atom. The summed E-state index contributed by atoms with van der Waals surface area (Å²) in [4.78, 5) is 4.21. The molecular weight excluding hydrogens is 405 g/mol. The maximum Gasteiger partial charge on any atom is 0.500 e. The molecular formula is C21H37BClNO4Si. The van der Waals surface area contributed by atoms with Crippen LogP contribution in [-0.2, 0) is 13.7 Å². The molecule has 29 heavy (non-hydrogen) atoms. The number of halogens is 1. The fourth-order valence-corrected chi connectivity index (χ4v) is 3.85. The first-order chi connectivity index (χ1) is 13.1. The molecule has 1 aliphatic heterocycles. The van der Waals surface area contributed by atoms with Gasteiger partial charge in [-0.3, -0.25) is 0 Å². The van der Waals surface area contributed by atoms with Crippen LogP contribution in [-0.4, -0.2) is 44.3 Å². The Labute approximate surface area is 183 Å². The number of pyridine rings is 1. The van der Waals surface area contributed by atoms with E-state index in [0.29, 0.717) is 17.5 Å². The van der Waals surface area contributed by atoms with E-state index in [-0.39, 0.29) is 11.1 Å². The second-order valence-electron chi connectivity index (χ2n) is 10.5. The molecule has 0 spiro atoms. The third-order valence-corrected chi connectivity index (χ3v) is 11.2. The van der Waals surface area contributed by atoms with E-state index in [0.717, 1.165) is 11.9 Å². The summed E-state index contributed by atoms with van der Waals surface area (Å²) in [6.45, 7) is 22.1. The third-order valence-electron chi connectivity index (χ3n) is 6.49. The van der Waals surface area contributed by atoms with E-state index in [1.807, 2.05) is 34.6 Å². The lowest BCUT2D eigenvalue weighted by atomic mass is 9.79. The van der Waals surface area contributed by atoms with Crippen molar-refractivity contribution in [2.45, 2.75) is 97.2 Å². The molecule has 1 aromatic heterocycles. The maximum absolute atomic E-state index is 6.28. The molecule has 0 N–H and O–H groups in total. The standard InChI is InChI=1S/C21H37BClNO4Si/c1-15(11-12-25-29(9,10)19(2,3)4)26-17-13-18(23)24-14-16(17)22-27-20(5,6)21(7,8)28-22/h13-15H,11-12H2,1-10H3/t15-/m0/s1. The van der Waals surface area contributed by atoms with Gasteiger partial charge in [0.1, 0.15) is 10.9 Å². The molecule has 0 bridgehead atoms. The van der Waals surface area contributed by atoms with Crippen LogP contribution in [0, 0.1) is 0 Å². The van der Waals surface area contributed by atoms with Crippen LogP contribution in [0.25, 0.3) is 0 Å². The van der Waals surface area contributed by atoms with Crippen molar-refractivity contribution >= 4 is 32.5 Å². The predicted octanol–water partition coefficient (Wildman–Crippen LogP) is 5.21. The van der Waals surface area contributed by atoms with Crippen LogP contribution in [0.2, 0.25) is 23.3 Å². The first-order valence-electron chi connectivity index (χ1n) is 10.4. The van der Waals surface area contributed by atoms with Gasteiger partial charge in [-0.25, -0.2) is 4.98 Å². The minimum atomic E-state index is -1.76. The van der Waals surface area contributed by atoms with Gasteiger partial charge in [-0.1, -0.05) is 32.4 Å². The number of ether oxygens (including phenoxy) is 1. The molecule has 0 aromatic carbocycles. The van der Waals surface area contributed by atoms with Crippen LogP contribution in [0.3, 0.4) is 0 Å². The number of hydrogen-bond donors (Lipinski definition) is 0. The van der Waals surface area contributed by atoms with E-state index in [4.69, 9.17) is 30.1 Å². The summed E-state index contributed by atoms with van der Waals surface area (Å²) in [7, 11) is -2.31. The van der Waals surface area contributed by atoms with Gasteiger partial charge in [0.25, 0.3) is 0 Å². The van der Waals surface area contributed by atoms with Crippen molar-refractivity contribution in [1.82, 2.24) is 4.98 Å². The largest absolute Gasteiger partial charge is 0.500 e. The summed E-state index contributed by atoms with van der Waals surface area (Å²) in [6, 6.07) is 1.73. The zero-order chi connectivity index (χ0) is 22.3. The molecule has 5 nitrogen and oxygen atoms in total. The molecule has 0 radical (unpaired) electrons. The van der Waals surface area contributed by atoms with Gasteiger partial charge < -0.3 is 18.5 Å². The Kier molecular flexibility index (Phi) is 7.23. The summed E-state index contributed by atoms with van der Waals surface area (Å²) in [5.74, 6) is 0.642. The second-order valence-corrected chi connectivity index (χ2v) is 15.7. The molecule has 1 atom stereocenters. The van der Waals surface area contributed by atoms with Crippen LogP contribution < -0.4 is 10.2 Å². The van der Waals surface area contributed by atoms with Gasteiger partial charge in [0.05, 0.1) is 17.3 Å². The molecule has 1 saturated heterocycles. The molecule has 0 saturated carbocycles. The van der Waals surface area contributed by atoms with Crippen molar-refractivity contribution in [1.29, 1.82) is 0 Å². The number of rotatable bonds is 7. The fraction of sp³-hybridized carbons (Fsp3) is 0.762. The molecule has 1 fully saturated rings. The molecule has 0 unspecified atom stereocenters. The van der Waals surface area contributed by atoms with Gasteiger partial charge in [-0.05, 0) is 52.8 Å². The van der Waals surface area contributed by atoms with Gasteiger partial charge in [-0.15, -0.1) is 0 Å². The summed E-state index contributed by atoms with van der Waals surface area (Å²) in [5.41, 5.74) is -0.112. The molecule has 1 aliphatic rings. The van der Waals surface area contributed by atoms with Crippen LogP contribution in [0.5, 0.6) is 5.75 Å². The van der Waals surface area contributed by atoms with Crippen LogP contribution >= 0.6 is 11.6 Å². The quantitative estimate of drug-likeness (QED) is 0.429. The highest BCUT2D eigenvalue weighted by atomic mass is 35.5. The number of hydrogen-bond acceptors (Lipinski definition) is 5. The van der Waals surface area contributed by atoms with Crippen molar-refractivity contribution in [2.24, 2.45) is 0 Å². The van der Waals surface area contributed by atoms with Gasteiger partial charge in [0, 0.05) is 30.8 Å². The fourth-order valence-electron chi connectivity index (χ4n) is 2.64. The van der Waals surface area contributed by atoms with Crippen molar-refractivity contribution in [3.05, 3.63) is 17.4 Å². The van der Waals surface area contributed by atoms with Crippen LogP contribution in [0.1, 0.15) is 61.8 Å². The summed E-state index contributed by atoms with van der Waals surface area (Å²) < 4.78 is 24.9. The highest BCUT2D eigenvalue weighted by Crippen LogP contribution is 2.38. The lowest BCUT2D eigenvalue weighted by Crippen LogP contribution is -2.41. The van der Waals surface area contributed by atoms with E-state index in [2.05, 4.69) is 38.8 Å². The van der Waals surface area contributed by atoms with E-state index in [1.54, 1.807) is 12.3 Å². The first-order valence-corrected chi connectivity index (χ1v) is 13.7. The van der Waals surface area contributed by atoms with E-state index in [1.165, 1.54) is 0 Å². The van der Waals surface area contributed by atoms with E-state index in [9.17, 15) is 0 Å². The second kappa shape index (κ2) is 8.50. The van der Waals surface area contributed by atoms with Crippen molar-refractivity contribution in [3.8, 4) is 5.75 Å². The van der Waals surface area contributed by atoms with E-state index >= 15 is 0 Å². The minimum absolute atomic E-state index is 0.0422. The Bertz CT molecular complexity index is 705. The van der Waals surface area contributed by atoms with Crippen molar-refractivity contribution < 1.29 is 18.5 Å². The number of nitrogens with zero attached hydrogens (tertiary/aromatic N) is 1. The number of aromatic nitrogens is 1. The highest BCUT2D eigenvalue weighted by molar-refractivity contribution is 6.74. The SMILES string of the molecule is C[C@@H](CCO[Si](C)(C)C(C)(C)C)Oc1cc(Cl)ncc1B1OC(C)(C)C(C)(C)O1. The highest BCUT2D eigenvalue weighted by Gasteiger charge is 2.52. The maximum atomic E-state index is 6.28. The van der Waals surface area contributed by atoms with E-state index < -0.39 is 26.6 Å². The van der Waals surface area contributed by atoms with Crippen molar-refractivity contribution in [2.75, 3.05) is 6.61 Å². The van der Waals surface area contributed by atoms with Gasteiger partial charge in [0.2, 0.25) is 0 Å². The minimum Gasteiger partial charge on any atom is -0.491 e. The molecule has 164 valence electrons. The summed E-state index contributed by atoms with van der Waals surface area (Å²) in [5, 5.41) is 0.574. The predicted molar refractivity (Wildman–Crippen MR) is 123 cm³/mol. The zero-order valence-electron chi connectivity index (χ0n) is 19.7. The van der Waals surface area contributed by atoms with Crippen LogP contribution in [0.15, 0.2) is 12.3 Å². The lowest BCUT2D eigenvalue weighted by molar-refractivity contribution is 0.00578. The molecule has 0 amide bonds. The smallest absolute Gasteiger partial charge is 0.491 e. The third kappa shape index (κ3) is 5.76. The normalized spacial score (nSPS) is 20.0. The Hall–Kier alpha value is -0.598. The lowest BCUT2D eigenvalue weighted by Gasteiger charge is -2.36. The topological polar surface area (TPSA) is 49.8 Å². The Morgan fingerprint density at radius 2 is 1.72 bits per heavy atom. The van der Waals surface area contributed by atoms with Gasteiger partial charge in [0.15, 0.2) is 8.32 Å². The monoisotopic (exact) mass is 441 g/mol. The molecule has 0 aliphatic carbocycles. The first kappa shape index (κ1) is 24.7. The van der Waals surface area contributed by atoms with Gasteiger partial charge >= 0.3 is 7.12 Å². The van der Waals surface area contributed by atoms with Crippen LogP contribution in [0.4, 0.5) is 0 Å². The van der Waals surface area contributed by atoms with Gasteiger partial charge in [-0.2, -0.15) is 0 Å². The summed E-state index contributed by atoms with van der Waals surface area (Å²) in [6.07, 6.45) is 2.42. The molecule has 1 aromatic rings.